The third kappa shape index (κ3) is 5.05. The molecule has 1 N–H and O–H groups in total. The highest BCUT2D eigenvalue weighted by atomic mass is 79.9. The average molecular weight is 546 g/mol. The summed E-state index contributed by atoms with van der Waals surface area (Å²) in [6, 6.07) is 13.9. The van der Waals surface area contributed by atoms with Gasteiger partial charge in [-0.2, -0.15) is 0 Å². The Morgan fingerprint density at radius 2 is 1.88 bits per heavy atom. The van der Waals surface area contributed by atoms with Crippen molar-refractivity contribution >= 4 is 43.0 Å². The Labute approximate surface area is 203 Å². The van der Waals surface area contributed by atoms with Gasteiger partial charge in [-0.15, -0.1) is 4.57 Å². The number of aryl methyl sites for hydroxylation is 1. The minimum atomic E-state index is -3.52. The summed E-state index contributed by atoms with van der Waals surface area (Å²) in [7, 11) is -3.52. The van der Waals surface area contributed by atoms with Crippen LogP contribution in [-0.2, 0) is 16.4 Å². The molecule has 34 heavy (non-hydrogen) atoms. The van der Waals surface area contributed by atoms with Crippen molar-refractivity contribution in [3.05, 3.63) is 86.4 Å². The molecule has 176 valence electrons. The van der Waals surface area contributed by atoms with Gasteiger partial charge in [-0.05, 0) is 49.4 Å². The summed E-state index contributed by atoms with van der Waals surface area (Å²) in [6.07, 6.45) is 0. The maximum atomic E-state index is 12.8. The molecule has 11 heteroatoms. The molecule has 0 fully saturated rings. The molecule has 4 aromatic rings. The molecule has 9 nitrogen and oxygen atoms in total. The maximum absolute atomic E-state index is 12.8. The summed E-state index contributed by atoms with van der Waals surface area (Å²) in [6.45, 7) is 3.16. The second-order valence-electron chi connectivity index (χ2n) is 7.40. The van der Waals surface area contributed by atoms with Crippen LogP contribution < -0.4 is 15.6 Å². The van der Waals surface area contributed by atoms with Crippen LogP contribution in [0.1, 0.15) is 28.7 Å². The van der Waals surface area contributed by atoms with E-state index in [9.17, 15) is 18.0 Å². The van der Waals surface area contributed by atoms with Gasteiger partial charge < -0.3 is 14.6 Å². The van der Waals surface area contributed by atoms with Crippen molar-refractivity contribution in [1.29, 1.82) is 0 Å². The van der Waals surface area contributed by atoms with Crippen LogP contribution in [0.5, 0.6) is 5.75 Å². The summed E-state index contributed by atoms with van der Waals surface area (Å²) < 4.78 is 37.8. The number of anilines is 1. The number of fused-ring (bicyclic) bond motifs is 1. The van der Waals surface area contributed by atoms with Crippen molar-refractivity contribution in [2.45, 2.75) is 25.3 Å². The molecule has 0 radical (unpaired) electrons. The highest BCUT2D eigenvalue weighted by molar-refractivity contribution is 9.10. The molecular formula is C23H20BrN3O6S. The van der Waals surface area contributed by atoms with Crippen LogP contribution in [0.4, 0.5) is 5.69 Å². The fourth-order valence-corrected chi connectivity index (χ4v) is 4.36. The molecule has 2 aromatic heterocycles. The van der Waals surface area contributed by atoms with Crippen molar-refractivity contribution in [2.24, 2.45) is 0 Å². The predicted octanol–water partition coefficient (Wildman–Crippen LogP) is 3.98. The molecule has 0 aliphatic carbocycles. The van der Waals surface area contributed by atoms with Gasteiger partial charge in [0.25, 0.3) is 11.5 Å². The third-order valence-corrected chi connectivity index (χ3v) is 7.21. The van der Waals surface area contributed by atoms with Gasteiger partial charge >= 0.3 is 0 Å². The quantitative estimate of drug-likeness (QED) is 0.372. The number of rotatable bonds is 7. The summed E-state index contributed by atoms with van der Waals surface area (Å²) in [5, 5.41) is 2.72. The van der Waals surface area contributed by atoms with Crippen LogP contribution in [0.25, 0.3) is 5.65 Å². The number of carbonyl (C=O) groups excluding carboxylic acids is 1. The van der Waals surface area contributed by atoms with Gasteiger partial charge in [-0.3, -0.25) is 9.59 Å². The van der Waals surface area contributed by atoms with Crippen molar-refractivity contribution in [3.63, 3.8) is 0 Å². The van der Waals surface area contributed by atoms with Crippen LogP contribution in [-0.4, -0.2) is 29.6 Å². The van der Waals surface area contributed by atoms with Crippen LogP contribution >= 0.6 is 15.9 Å². The van der Waals surface area contributed by atoms with Gasteiger partial charge in [0.2, 0.25) is 0 Å². The fraction of sp³-hybridized carbons (Fsp3) is 0.174. The Morgan fingerprint density at radius 1 is 1.15 bits per heavy atom. The molecule has 2 heterocycles. The molecule has 0 bridgehead atoms. The lowest BCUT2D eigenvalue weighted by atomic mass is 10.2. The van der Waals surface area contributed by atoms with Crippen LogP contribution in [0, 0.1) is 6.92 Å². The van der Waals surface area contributed by atoms with E-state index >= 15 is 0 Å². The first-order chi connectivity index (χ1) is 16.2. The van der Waals surface area contributed by atoms with Gasteiger partial charge in [0.05, 0.1) is 22.0 Å². The number of nitrogens with one attached hydrogen (secondary N) is 1. The second kappa shape index (κ2) is 9.43. The monoisotopic (exact) mass is 545 g/mol. The lowest BCUT2D eigenvalue weighted by Gasteiger charge is -2.14. The Balaban J connectivity index is 1.65. The molecule has 2 aromatic carbocycles. The summed E-state index contributed by atoms with van der Waals surface area (Å²) >= 11 is 3.32. The number of halogens is 1. The summed E-state index contributed by atoms with van der Waals surface area (Å²) in [4.78, 5) is 29.4. The van der Waals surface area contributed by atoms with E-state index in [-0.39, 0.29) is 28.7 Å². The zero-order valence-electron chi connectivity index (χ0n) is 18.2. The van der Waals surface area contributed by atoms with Gasteiger partial charge in [-0.25, -0.2) is 13.4 Å². The SMILES string of the molecule is CCS(=O)(=O)c1ccc(OCc2cc(=O)n3oc(C)cc3n2)c(NC(=O)c2ccc(Br)cc2)c1. The molecule has 1 amide bonds. The standard InChI is InChI=1S/C23H20BrN3O6S/c1-3-34(30,31)18-8-9-20(19(12-18)26-23(29)15-4-6-16(24)7-5-15)32-13-17-11-22(28)27-21(25-17)10-14(2)33-27/h4-12H,3,13H2,1-2H3,(H,26,29). The number of amides is 1. The maximum Gasteiger partial charge on any atom is 0.287 e. The van der Waals surface area contributed by atoms with Crippen LogP contribution in [0.2, 0.25) is 0 Å². The van der Waals surface area contributed by atoms with Gasteiger partial charge in [0.15, 0.2) is 15.5 Å². The molecule has 0 spiro atoms. The topological polar surface area (TPSA) is 120 Å². The normalized spacial score (nSPS) is 11.5. The number of nitrogens with zero attached hydrogens (tertiary/aromatic N) is 2. The number of carbonyl (C=O) groups is 1. The fourth-order valence-electron chi connectivity index (χ4n) is 3.19. The van der Waals surface area contributed by atoms with Crippen molar-refractivity contribution in [3.8, 4) is 5.75 Å². The molecule has 0 saturated carbocycles. The van der Waals surface area contributed by atoms with Crippen LogP contribution in [0.3, 0.4) is 0 Å². The number of benzene rings is 2. The molecule has 0 unspecified atom stereocenters. The van der Waals surface area contributed by atoms with E-state index in [1.165, 1.54) is 31.2 Å². The van der Waals surface area contributed by atoms with E-state index in [0.29, 0.717) is 22.7 Å². The van der Waals surface area contributed by atoms with E-state index in [1.807, 2.05) is 0 Å². The average Bonchev–Trinajstić information content (AvgIpc) is 3.19. The Hall–Kier alpha value is -3.44. The molecule has 0 saturated heterocycles. The summed E-state index contributed by atoms with van der Waals surface area (Å²) in [5.74, 6) is 0.236. The van der Waals surface area contributed by atoms with Gasteiger partial charge in [0, 0.05) is 22.2 Å². The highest BCUT2D eigenvalue weighted by Crippen LogP contribution is 2.29. The predicted molar refractivity (Wildman–Crippen MR) is 129 cm³/mol. The number of sulfone groups is 1. The van der Waals surface area contributed by atoms with Gasteiger partial charge in [0.1, 0.15) is 18.1 Å². The minimum absolute atomic E-state index is 0.0557. The van der Waals surface area contributed by atoms with Crippen LogP contribution in [0.15, 0.2) is 73.3 Å². The minimum Gasteiger partial charge on any atom is -0.485 e. The highest BCUT2D eigenvalue weighted by Gasteiger charge is 2.18. The third-order valence-electron chi connectivity index (χ3n) is 4.94. The first-order valence-corrected chi connectivity index (χ1v) is 12.7. The molecule has 0 aliphatic rings. The number of hydrogen-bond donors (Lipinski definition) is 1. The summed E-state index contributed by atoms with van der Waals surface area (Å²) in [5.41, 5.74) is 0.857. The lowest BCUT2D eigenvalue weighted by molar-refractivity contribution is 0.102. The molecule has 0 atom stereocenters. The first kappa shape index (κ1) is 23.7. The second-order valence-corrected chi connectivity index (χ2v) is 10.6. The number of hydrogen-bond acceptors (Lipinski definition) is 7. The zero-order valence-corrected chi connectivity index (χ0v) is 20.6. The molecule has 0 aliphatic heterocycles. The molecule has 4 rings (SSSR count). The Bertz CT molecular complexity index is 1540. The van der Waals surface area contributed by atoms with Gasteiger partial charge in [-0.1, -0.05) is 22.9 Å². The Morgan fingerprint density at radius 3 is 2.59 bits per heavy atom. The van der Waals surface area contributed by atoms with E-state index in [1.54, 1.807) is 37.3 Å². The van der Waals surface area contributed by atoms with E-state index in [4.69, 9.17) is 9.26 Å². The van der Waals surface area contributed by atoms with E-state index in [0.717, 1.165) is 9.05 Å². The van der Waals surface area contributed by atoms with Crippen molar-refractivity contribution < 1.29 is 22.5 Å². The first-order valence-electron chi connectivity index (χ1n) is 10.2. The number of aromatic nitrogens is 2. The largest absolute Gasteiger partial charge is 0.485 e. The Kier molecular flexibility index (Phi) is 6.58. The van der Waals surface area contributed by atoms with Crippen molar-refractivity contribution in [1.82, 2.24) is 9.56 Å². The smallest absolute Gasteiger partial charge is 0.287 e. The molecular weight excluding hydrogens is 526 g/mol. The van der Waals surface area contributed by atoms with E-state index < -0.39 is 21.3 Å². The van der Waals surface area contributed by atoms with E-state index in [2.05, 4.69) is 26.2 Å². The number of ether oxygens (including phenoxy) is 1. The lowest BCUT2D eigenvalue weighted by Crippen LogP contribution is -2.16. The van der Waals surface area contributed by atoms with Crippen molar-refractivity contribution in [2.75, 3.05) is 11.1 Å². The zero-order chi connectivity index (χ0) is 24.5.